The van der Waals surface area contributed by atoms with Crippen molar-refractivity contribution in [3.8, 4) is 11.5 Å². The Morgan fingerprint density at radius 3 is 2.40 bits per heavy atom. The summed E-state index contributed by atoms with van der Waals surface area (Å²) in [5.74, 6) is 1.36. The van der Waals surface area contributed by atoms with Crippen LogP contribution in [0, 0.1) is 11.8 Å². The van der Waals surface area contributed by atoms with Crippen LogP contribution in [0.25, 0.3) is 11.5 Å². The molecule has 1 saturated carbocycles. The molecule has 232 valence electrons. The molecule has 3 aromatic rings. The number of hydrogen-bond donors (Lipinski definition) is 1. The van der Waals surface area contributed by atoms with E-state index in [1.54, 1.807) is 19.0 Å². The summed E-state index contributed by atoms with van der Waals surface area (Å²) >= 11 is 13.9. The first kappa shape index (κ1) is 31.5. The van der Waals surface area contributed by atoms with Crippen LogP contribution in [-0.2, 0) is 14.8 Å². The molecule has 2 fully saturated rings. The standard InChI is InChI=1S/C29H37Cl2N7O4S/c1-17-14-19(17)15-38(16-21(39)36(2)3)27-24(31)22(23(30)26(33-27)37(4)43(5,40)41)28-34-35-29(42-28)25-20(12-9-13-32-25)18-10-7-6-8-11-18/h6-8,10-11,17,19-20,25,32H,9,12-16H2,1-5H3/t17-,19+,20-,25-/m0/s1. The summed E-state index contributed by atoms with van der Waals surface area (Å²) in [6, 6.07) is 9.93. The molecule has 1 aromatic carbocycles. The lowest BCUT2D eigenvalue weighted by Crippen LogP contribution is -2.39. The van der Waals surface area contributed by atoms with Crippen LogP contribution in [-0.4, -0.2) is 81.4 Å². The molecule has 3 heterocycles. The van der Waals surface area contributed by atoms with E-state index in [0.29, 0.717) is 24.3 Å². The zero-order valence-electron chi connectivity index (χ0n) is 24.9. The number of amides is 1. The van der Waals surface area contributed by atoms with Gasteiger partial charge in [-0.25, -0.2) is 13.4 Å². The topological polar surface area (TPSA) is 125 Å². The zero-order chi connectivity index (χ0) is 31.1. The SMILES string of the molecule is C[C@H]1C[C@@H]1CN(CC(=O)N(C)C)c1nc(N(C)S(C)(=O)=O)c(Cl)c(-c2nnc([C@H]3NCCC[C@H]3c3ccccc3)o2)c1Cl. The number of sulfonamides is 1. The van der Waals surface area contributed by atoms with Crippen molar-refractivity contribution in [3.05, 3.63) is 51.8 Å². The molecule has 1 aliphatic carbocycles. The first-order valence-electron chi connectivity index (χ1n) is 14.3. The number of rotatable bonds is 10. The molecule has 0 radical (unpaired) electrons. The van der Waals surface area contributed by atoms with Crippen molar-refractivity contribution in [2.75, 3.05) is 56.2 Å². The highest BCUT2D eigenvalue weighted by atomic mass is 35.5. The number of carbonyl (C=O) groups excluding carboxylic acids is 1. The fraction of sp³-hybridized carbons (Fsp3) is 0.517. The van der Waals surface area contributed by atoms with Crippen LogP contribution in [0.15, 0.2) is 34.7 Å². The summed E-state index contributed by atoms with van der Waals surface area (Å²) in [5.41, 5.74) is 1.32. The Morgan fingerprint density at radius 2 is 1.77 bits per heavy atom. The molecule has 1 N–H and O–H groups in total. The van der Waals surface area contributed by atoms with Crippen LogP contribution in [0.5, 0.6) is 0 Å². The Balaban J connectivity index is 1.61. The van der Waals surface area contributed by atoms with E-state index in [1.165, 1.54) is 11.9 Å². The summed E-state index contributed by atoms with van der Waals surface area (Å²) in [6.45, 7) is 3.44. The lowest BCUT2D eigenvalue weighted by Gasteiger charge is -2.30. The Morgan fingerprint density at radius 1 is 1.09 bits per heavy atom. The molecule has 43 heavy (non-hydrogen) atoms. The highest BCUT2D eigenvalue weighted by Gasteiger charge is 2.38. The normalized spacial score (nSPS) is 21.8. The van der Waals surface area contributed by atoms with Crippen molar-refractivity contribution in [3.63, 3.8) is 0 Å². The first-order valence-corrected chi connectivity index (χ1v) is 16.9. The number of piperidine rings is 1. The number of halogens is 2. The Hall–Kier alpha value is -2.93. The van der Waals surface area contributed by atoms with Crippen LogP contribution in [0.4, 0.5) is 11.6 Å². The van der Waals surface area contributed by atoms with Crippen LogP contribution in [0.3, 0.4) is 0 Å². The third-order valence-electron chi connectivity index (χ3n) is 8.30. The van der Waals surface area contributed by atoms with Crippen molar-refractivity contribution < 1.29 is 17.6 Å². The third kappa shape index (κ3) is 6.77. The van der Waals surface area contributed by atoms with Crippen molar-refractivity contribution in [2.45, 2.75) is 38.1 Å². The predicted molar refractivity (Wildman–Crippen MR) is 168 cm³/mol. The fourth-order valence-electron chi connectivity index (χ4n) is 5.42. The van der Waals surface area contributed by atoms with Gasteiger partial charge in [-0.15, -0.1) is 10.2 Å². The maximum Gasteiger partial charge on any atom is 0.251 e. The largest absolute Gasteiger partial charge is 0.419 e. The van der Waals surface area contributed by atoms with Gasteiger partial charge < -0.3 is 19.5 Å². The number of nitrogens with zero attached hydrogens (tertiary/aromatic N) is 6. The second kappa shape index (κ2) is 12.6. The van der Waals surface area contributed by atoms with Gasteiger partial charge in [-0.1, -0.05) is 60.5 Å². The quantitative estimate of drug-likeness (QED) is 0.336. The van der Waals surface area contributed by atoms with Crippen LogP contribution in [0.2, 0.25) is 10.0 Å². The van der Waals surface area contributed by atoms with Crippen molar-refractivity contribution >= 4 is 50.8 Å². The van der Waals surface area contributed by atoms with E-state index in [4.69, 9.17) is 27.6 Å². The molecule has 0 spiro atoms. The van der Waals surface area contributed by atoms with Gasteiger partial charge in [0.25, 0.3) is 5.89 Å². The van der Waals surface area contributed by atoms with Gasteiger partial charge in [0.15, 0.2) is 11.6 Å². The number of nitrogens with one attached hydrogen (secondary N) is 1. The molecule has 1 saturated heterocycles. The van der Waals surface area contributed by atoms with Gasteiger partial charge in [0.1, 0.15) is 0 Å². The Kier molecular flexibility index (Phi) is 9.22. The molecule has 2 aliphatic rings. The molecule has 0 unspecified atom stereocenters. The van der Waals surface area contributed by atoms with E-state index in [0.717, 1.165) is 41.9 Å². The van der Waals surface area contributed by atoms with Crippen LogP contribution >= 0.6 is 23.2 Å². The van der Waals surface area contributed by atoms with E-state index in [-0.39, 0.29) is 57.5 Å². The molecule has 14 heteroatoms. The maximum absolute atomic E-state index is 12.9. The van der Waals surface area contributed by atoms with Crippen molar-refractivity contribution in [1.29, 1.82) is 0 Å². The van der Waals surface area contributed by atoms with Gasteiger partial charge in [0.2, 0.25) is 21.8 Å². The zero-order valence-corrected chi connectivity index (χ0v) is 27.2. The predicted octanol–water partition coefficient (Wildman–Crippen LogP) is 4.59. The highest BCUT2D eigenvalue weighted by molar-refractivity contribution is 7.92. The summed E-state index contributed by atoms with van der Waals surface area (Å²) in [6.07, 6.45) is 4.01. The smallest absolute Gasteiger partial charge is 0.251 e. The molecule has 1 amide bonds. The molecule has 2 aromatic heterocycles. The summed E-state index contributed by atoms with van der Waals surface area (Å²) < 4.78 is 32.5. The first-order chi connectivity index (χ1) is 20.4. The molecule has 4 atom stereocenters. The molecular formula is C29H37Cl2N7O4S. The highest BCUT2D eigenvalue weighted by Crippen LogP contribution is 2.47. The Bertz CT molecular complexity index is 1580. The van der Waals surface area contributed by atoms with Gasteiger partial charge in [-0.2, -0.15) is 0 Å². The minimum absolute atomic E-state index is 0.00806. The summed E-state index contributed by atoms with van der Waals surface area (Å²) in [4.78, 5) is 20.8. The Labute approximate surface area is 262 Å². The van der Waals surface area contributed by atoms with Gasteiger partial charge in [-0.3, -0.25) is 9.10 Å². The molecule has 0 bridgehead atoms. The second-order valence-corrected chi connectivity index (χ2v) is 14.4. The van der Waals surface area contributed by atoms with Crippen molar-refractivity contribution in [1.82, 2.24) is 25.4 Å². The summed E-state index contributed by atoms with van der Waals surface area (Å²) in [5, 5.41) is 12.3. The maximum atomic E-state index is 12.9. The summed E-state index contributed by atoms with van der Waals surface area (Å²) in [7, 11) is 0.943. The van der Waals surface area contributed by atoms with E-state index in [1.807, 2.05) is 18.2 Å². The number of carbonyl (C=O) groups is 1. The number of benzene rings is 1. The molecule has 1 aliphatic heterocycles. The van der Waals surface area contributed by atoms with E-state index in [2.05, 4.69) is 39.6 Å². The lowest BCUT2D eigenvalue weighted by atomic mass is 9.85. The van der Waals surface area contributed by atoms with Crippen LogP contribution in [0.1, 0.15) is 49.6 Å². The monoisotopic (exact) mass is 649 g/mol. The average Bonchev–Trinajstić information content (AvgIpc) is 3.45. The number of hydrogen-bond acceptors (Lipinski definition) is 9. The van der Waals surface area contributed by atoms with E-state index in [9.17, 15) is 13.2 Å². The lowest BCUT2D eigenvalue weighted by molar-refractivity contribution is -0.127. The molecule has 11 nitrogen and oxygen atoms in total. The molecular weight excluding hydrogens is 613 g/mol. The average molecular weight is 651 g/mol. The minimum Gasteiger partial charge on any atom is -0.419 e. The number of pyridine rings is 1. The van der Waals surface area contributed by atoms with Gasteiger partial charge in [0.05, 0.1) is 34.5 Å². The second-order valence-electron chi connectivity index (χ2n) is 11.7. The van der Waals surface area contributed by atoms with E-state index >= 15 is 0 Å². The molecule has 5 rings (SSSR count). The minimum atomic E-state index is -3.77. The third-order valence-corrected chi connectivity index (χ3v) is 10.2. The van der Waals surface area contributed by atoms with Gasteiger partial charge >= 0.3 is 0 Å². The van der Waals surface area contributed by atoms with Crippen molar-refractivity contribution in [2.24, 2.45) is 11.8 Å². The number of anilines is 2. The fourth-order valence-corrected chi connectivity index (χ4v) is 6.64. The number of aromatic nitrogens is 3. The van der Waals surface area contributed by atoms with E-state index < -0.39 is 10.0 Å². The van der Waals surface area contributed by atoms with Gasteiger partial charge in [0, 0.05) is 33.6 Å². The number of likely N-dealkylation sites (N-methyl/N-ethyl adjacent to an activating group) is 1. The van der Waals surface area contributed by atoms with Crippen LogP contribution < -0.4 is 14.5 Å². The van der Waals surface area contributed by atoms with Gasteiger partial charge in [-0.05, 0) is 43.2 Å².